The van der Waals surface area contributed by atoms with Gasteiger partial charge in [0.25, 0.3) is 5.91 Å². The number of primary amides is 1. The third kappa shape index (κ3) is 3.69. The van der Waals surface area contributed by atoms with Crippen LogP contribution in [0.1, 0.15) is 16.1 Å². The molecule has 0 unspecified atom stereocenters. The molecule has 0 spiro atoms. The molecule has 2 heterocycles. The Bertz CT molecular complexity index is 1270. The third-order valence-corrected chi connectivity index (χ3v) is 9.52. The van der Waals surface area contributed by atoms with Crippen LogP contribution in [0, 0.1) is 0 Å². The summed E-state index contributed by atoms with van der Waals surface area (Å²) in [6.07, 6.45) is 1.26. The summed E-state index contributed by atoms with van der Waals surface area (Å²) < 4.78 is 28.6. The van der Waals surface area contributed by atoms with Crippen molar-refractivity contribution in [2.75, 3.05) is 12.8 Å². The number of halogens is 3. The maximum atomic E-state index is 13.9. The number of benzene rings is 2. The van der Waals surface area contributed by atoms with Crippen LogP contribution in [0.3, 0.4) is 0 Å². The molecule has 1 amide bonds. The summed E-state index contributed by atoms with van der Waals surface area (Å²) in [6.45, 7) is 0.592. The summed E-state index contributed by atoms with van der Waals surface area (Å²) in [7, 11) is -4.51. The molecule has 0 aliphatic carbocycles. The van der Waals surface area contributed by atoms with Crippen molar-refractivity contribution in [2.45, 2.75) is 18.0 Å². The Hall–Kier alpha value is -1.87. The van der Waals surface area contributed by atoms with Crippen LogP contribution in [0.5, 0.6) is 0 Å². The van der Waals surface area contributed by atoms with Gasteiger partial charge in [0.05, 0.1) is 37.8 Å². The molecule has 0 fully saturated rings. The zero-order chi connectivity index (χ0) is 22.6. The second kappa shape index (κ2) is 7.62. The first-order chi connectivity index (χ1) is 14.5. The van der Waals surface area contributed by atoms with Crippen molar-refractivity contribution >= 4 is 50.2 Å². The maximum absolute atomic E-state index is 13.9. The summed E-state index contributed by atoms with van der Waals surface area (Å²) in [5.74, 6) is -0.690. The van der Waals surface area contributed by atoms with E-state index in [1.54, 1.807) is 0 Å². The Morgan fingerprint density at radius 2 is 1.74 bits per heavy atom. The van der Waals surface area contributed by atoms with Crippen LogP contribution in [0.25, 0.3) is 11.3 Å². The molecular weight excluding hydrogens is 481 g/mol. The van der Waals surface area contributed by atoms with Crippen LogP contribution in [0.15, 0.2) is 53.4 Å². The third-order valence-electron chi connectivity index (χ3n) is 5.55. The normalized spacial score (nSPS) is 15.8. The number of carbonyl (C=O) groups is 1. The fourth-order valence-corrected chi connectivity index (χ4v) is 6.70. The van der Waals surface area contributed by atoms with Crippen LogP contribution < -0.4 is 5.73 Å². The highest BCUT2D eigenvalue weighted by Gasteiger charge is 2.38. The highest BCUT2D eigenvalue weighted by atomic mass is 35.5. The number of carbonyl (C=O) groups excluding carboxylic acids is 1. The minimum Gasteiger partial charge on any atom is -0.365 e. The van der Waals surface area contributed by atoms with E-state index in [0.717, 1.165) is 5.56 Å². The monoisotopic (exact) mass is 499 g/mol. The van der Waals surface area contributed by atoms with E-state index in [1.807, 2.05) is 34.9 Å². The second-order valence-electron chi connectivity index (χ2n) is 7.54. The Balaban J connectivity index is 1.84. The first-order valence-corrected chi connectivity index (χ1v) is 12.8. The molecule has 10 heteroatoms. The van der Waals surface area contributed by atoms with Gasteiger partial charge in [-0.1, -0.05) is 65.1 Å². The maximum Gasteiger partial charge on any atom is 0.252 e. The van der Waals surface area contributed by atoms with Gasteiger partial charge >= 0.3 is 0 Å². The van der Waals surface area contributed by atoms with Crippen LogP contribution in [-0.4, -0.2) is 36.3 Å². The minimum absolute atomic E-state index is 0.00341. The van der Waals surface area contributed by atoms with Gasteiger partial charge in [-0.05, 0) is 23.8 Å². The van der Waals surface area contributed by atoms with E-state index in [2.05, 4.69) is 0 Å². The molecule has 0 radical (unpaired) electrons. The van der Waals surface area contributed by atoms with E-state index in [9.17, 15) is 13.6 Å². The first-order valence-electron chi connectivity index (χ1n) is 9.35. The fraction of sp³-hybridized carbons (Fsp3) is 0.190. The Morgan fingerprint density at radius 1 is 1.06 bits per heavy atom. The summed E-state index contributed by atoms with van der Waals surface area (Å²) in [5, 5.41) is 0.709. The molecule has 1 aliphatic rings. The smallest absolute Gasteiger partial charge is 0.252 e. The van der Waals surface area contributed by atoms with Gasteiger partial charge in [-0.3, -0.25) is 9.35 Å². The zero-order valence-corrected chi connectivity index (χ0v) is 19.6. The van der Waals surface area contributed by atoms with Crippen LogP contribution >= 0.6 is 34.8 Å². The Morgan fingerprint density at radius 3 is 2.35 bits per heavy atom. The molecule has 0 atom stereocenters. The van der Waals surface area contributed by atoms with Crippen molar-refractivity contribution < 1.29 is 13.6 Å². The number of amides is 1. The van der Waals surface area contributed by atoms with Gasteiger partial charge in [0.1, 0.15) is 0 Å². The molecule has 3 aromatic rings. The van der Waals surface area contributed by atoms with Gasteiger partial charge < -0.3 is 10.3 Å². The lowest BCUT2D eigenvalue weighted by Gasteiger charge is -2.50. The molecule has 31 heavy (non-hydrogen) atoms. The van der Waals surface area contributed by atoms with Crippen molar-refractivity contribution in [1.29, 1.82) is 0 Å². The van der Waals surface area contributed by atoms with E-state index < -0.39 is 15.4 Å². The van der Waals surface area contributed by atoms with E-state index in [0.29, 0.717) is 17.9 Å². The van der Waals surface area contributed by atoms with Crippen LogP contribution in [0.4, 0.5) is 0 Å². The molecule has 6 nitrogen and oxygen atoms in total. The van der Waals surface area contributed by atoms with E-state index in [1.165, 1.54) is 28.8 Å². The molecule has 0 saturated carbocycles. The van der Waals surface area contributed by atoms with Crippen LogP contribution in [0.2, 0.25) is 15.1 Å². The quantitative estimate of drug-likeness (QED) is 0.532. The summed E-state index contributed by atoms with van der Waals surface area (Å²) in [6, 6.07) is 13.8. The minimum atomic E-state index is -4.51. The van der Waals surface area contributed by atoms with Gasteiger partial charge in [-0.25, -0.2) is 0 Å². The number of aromatic nitrogens is 1. The fourth-order valence-electron chi connectivity index (χ4n) is 3.92. The number of nitrogens with two attached hydrogens (primary N) is 1. The molecule has 1 aromatic heterocycles. The SMILES string of the molecule is CS(=O)(O)(c1ccc(Cl)c(Cl)c1)N1CCn2c(c(C(N)=O)c(Cl)c2-c2ccccc2)C1. The van der Waals surface area contributed by atoms with E-state index >= 15 is 0 Å². The molecule has 2 aromatic carbocycles. The van der Waals surface area contributed by atoms with Gasteiger partial charge in [0.2, 0.25) is 0 Å². The molecule has 164 valence electrons. The molecule has 0 saturated heterocycles. The van der Waals surface area contributed by atoms with Gasteiger partial charge in [0.15, 0.2) is 0 Å². The Kier molecular flexibility index (Phi) is 5.49. The van der Waals surface area contributed by atoms with Crippen LogP contribution in [-0.2, 0) is 22.6 Å². The van der Waals surface area contributed by atoms with Gasteiger partial charge in [-0.2, -0.15) is 8.51 Å². The topological polar surface area (TPSA) is 88.6 Å². The molecule has 1 aliphatic heterocycles. The standard InChI is InChI=1S/C21H20Cl3N3O3S/c1-31(29,30,14-7-8-15(22)16(23)11-14)26-9-10-27-17(12-26)18(21(25)28)19(24)20(27)13-5-3-2-4-6-13/h2-8,11H,9-10,12H2,1H3,(H2,25,28)(H,29,30). The average molecular weight is 501 g/mol. The van der Waals surface area contributed by atoms with Crippen molar-refractivity contribution in [3.8, 4) is 11.3 Å². The molecule has 0 bridgehead atoms. The summed E-state index contributed by atoms with van der Waals surface area (Å²) in [5.41, 5.74) is 7.79. The largest absolute Gasteiger partial charge is 0.365 e. The molecule has 3 N–H and O–H groups in total. The molecule has 4 rings (SSSR count). The van der Waals surface area contributed by atoms with E-state index in [4.69, 9.17) is 40.5 Å². The zero-order valence-electron chi connectivity index (χ0n) is 16.5. The number of hydrogen-bond donors (Lipinski definition) is 2. The lowest BCUT2D eigenvalue weighted by Crippen LogP contribution is -2.52. The lowest BCUT2D eigenvalue weighted by molar-refractivity contribution is 0.0998. The van der Waals surface area contributed by atoms with Gasteiger partial charge in [0, 0.05) is 25.0 Å². The number of rotatable bonds is 4. The van der Waals surface area contributed by atoms with Crippen molar-refractivity contribution in [1.82, 2.24) is 8.87 Å². The predicted octanol–water partition coefficient (Wildman–Crippen LogP) is 4.93. The number of hydrogen-bond acceptors (Lipinski definition) is 2. The predicted molar refractivity (Wildman–Crippen MR) is 125 cm³/mol. The summed E-state index contributed by atoms with van der Waals surface area (Å²) >= 11 is 18.7. The van der Waals surface area contributed by atoms with Crippen molar-refractivity contribution in [3.63, 3.8) is 0 Å². The van der Waals surface area contributed by atoms with Crippen molar-refractivity contribution in [3.05, 3.63) is 74.9 Å². The first kappa shape index (κ1) is 22.3. The highest BCUT2D eigenvalue weighted by Crippen LogP contribution is 2.43. The highest BCUT2D eigenvalue weighted by molar-refractivity contribution is 8.12. The second-order valence-corrected chi connectivity index (χ2v) is 12.2. The molecular formula is C21H20Cl3N3O3S. The van der Waals surface area contributed by atoms with Crippen molar-refractivity contribution in [2.24, 2.45) is 5.73 Å². The lowest BCUT2D eigenvalue weighted by atomic mass is 10.1. The summed E-state index contributed by atoms with van der Waals surface area (Å²) in [4.78, 5) is 12.4. The number of nitrogens with zero attached hydrogens (tertiary/aromatic N) is 2. The van der Waals surface area contributed by atoms with E-state index in [-0.39, 0.29) is 38.6 Å². The number of fused-ring (bicyclic) bond motifs is 1. The Labute approximate surface area is 194 Å². The average Bonchev–Trinajstić information content (AvgIpc) is 3.01. The van der Waals surface area contributed by atoms with Gasteiger partial charge in [-0.15, -0.1) is 9.53 Å².